The Balaban J connectivity index is 1.43. The molecule has 1 aliphatic heterocycles. The van der Waals surface area contributed by atoms with E-state index in [1.807, 2.05) is 11.8 Å². The Morgan fingerprint density at radius 3 is 2.45 bits per heavy atom. The van der Waals surface area contributed by atoms with Crippen molar-refractivity contribution in [2.75, 3.05) is 25.1 Å². The quantitative estimate of drug-likeness (QED) is 0.383. The minimum atomic E-state index is -4.41. The zero-order valence-corrected chi connectivity index (χ0v) is 21.3. The van der Waals surface area contributed by atoms with Gasteiger partial charge in [0.15, 0.2) is 0 Å². The van der Waals surface area contributed by atoms with E-state index in [2.05, 4.69) is 10.3 Å². The minimum absolute atomic E-state index is 0.283. The van der Waals surface area contributed by atoms with Gasteiger partial charge in [-0.25, -0.2) is 9.78 Å². The van der Waals surface area contributed by atoms with E-state index in [1.165, 1.54) is 31.5 Å². The summed E-state index contributed by atoms with van der Waals surface area (Å²) in [5, 5.41) is 3.23. The van der Waals surface area contributed by atoms with Crippen molar-refractivity contribution in [2.24, 2.45) is 0 Å². The molecule has 1 aliphatic rings. The molecule has 0 bridgehead atoms. The highest BCUT2D eigenvalue weighted by Crippen LogP contribution is 2.32. The number of nitrogens with zero attached hydrogens (tertiary/aromatic N) is 2. The van der Waals surface area contributed by atoms with Gasteiger partial charge >= 0.3 is 12.1 Å². The fraction of sp³-hybridized carbons (Fsp3) is 0.296. The van der Waals surface area contributed by atoms with Gasteiger partial charge in [0.25, 0.3) is 5.91 Å². The lowest BCUT2D eigenvalue weighted by Crippen LogP contribution is -2.31. The van der Waals surface area contributed by atoms with Crippen LogP contribution in [0.1, 0.15) is 51.2 Å². The molecule has 3 aromatic rings. The zero-order chi connectivity index (χ0) is 27.4. The molecule has 1 fully saturated rings. The summed E-state index contributed by atoms with van der Waals surface area (Å²) in [6.45, 7) is 2.73. The maximum Gasteiger partial charge on any atom is 0.416 e. The van der Waals surface area contributed by atoms with Gasteiger partial charge < -0.3 is 19.7 Å². The van der Waals surface area contributed by atoms with Crippen LogP contribution in [-0.2, 0) is 10.9 Å². The first-order valence-electron chi connectivity index (χ1n) is 11.8. The summed E-state index contributed by atoms with van der Waals surface area (Å²) in [4.78, 5) is 31.2. The van der Waals surface area contributed by atoms with Gasteiger partial charge in [0, 0.05) is 19.2 Å². The predicted molar refractivity (Wildman–Crippen MR) is 136 cm³/mol. The Morgan fingerprint density at radius 2 is 1.82 bits per heavy atom. The minimum Gasteiger partial charge on any atom is -0.489 e. The summed E-state index contributed by atoms with van der Waals surface area (Å²) < 4.78 is 49.0. The standard InChI is InChI=1S/C27H25ClF3N3O4/c1-16(17-3-5-18(6-4-17)26(36)37-2)33-25(35)23-13-20(28)14-32-24(23)34-12-11-22(15-34)38-21-9-7-19(8-10-21)27(29,30)31/h3-10,13-14,16,22H,11-12,15H2,1-2H3,(H,33,35). The smallest absolute Gasteiger partial charge is 0.416 e. The molecular weight excluding hydrogens is 523 g/mol. The number of pyridine rings is 1. The van der Waals surface area contributed by atoms with Crippen molar-refractivity contribution < 1.29 is 32.2 Å². The van der Waals surface area contributed by atoms with E-state index in [4.69, 9.17) is 21.1 Å². The van der Waals surface area contributed by atoms with Crippen LogP contribution >= 0.6 is 11.6 Å². The number of nitrogens with one attached hydrogen (secondary N) is 1. The fourth-order valence-corrected chi connectivity index (χ4v) is 4.32. The summed E-state index contributed by atoms with van der Waals surface area (Å²) in [6.07, 6.45) is -2.67. The van der Waals surface area contributed by atoms with Gasteiger partial charge in [0.05, 0.1) is 41.4 Å². The molecule has 2 heterocycles. The van der Waals surface area contributed by atoms with E-state index in [0.717, 1.165) is 17.7 Å². The Kier molecular flexibility index (Phi) is 8.11. The predicted octanol–water partition coefficient (Wildman–Crippen LogP) is 5.69. The van der Waals surface area contributed by atoms with Gasteiger partial charge in [-0.2, -0.15) is 13.2 Å². The van der Waals surface area contributed by atoms with Crippen LogP contribution in [0.3, 0.4) is 0 Å². The number of hydrogen-bond acceptors (Lipinski definition) is 6. The number of benzene rings is 2. The maximum absolute atomic E-state index is 13.2. The molecule has 1 saturated heterocycles. The maximum atomic E-state index is 13.2. The second-order valence-corrected chi connectivity index (χ2v) is 9.27. The highest BCUT2D eigenvalue weighted by Gasteiger charge is 2.31. The second-order valence-electron chi connectivity index (χ2n) is 8.83. The van der Waals surface area contributed by atoms with E-state index in [1.54, 1.807) is 24.3 Å². The number of carbonyl (C=O) groups is 2. The van der Waals surface area contributed by atoms with Crippen molar-refractivity contribution in [3.05, 3.63) is 88.1 Å². The van der Waals surface area contributed by atoms with Crippen molar-refractivity contribution in [3.8, 4) is 5.75 Å². The zero-order valence-electron chi connectivity index (χ0n) is 20.6. The normalized spacial score (nSPS) is 16.2. The van der Waals surface area contributed by atoms with Crippen molar-refractivity contribution in [3.63, 3.8) is 0 Å². The highest BCUT2D eigenvalue weighted by molar-refractivity contribution is 6.31. The number of aromatic nitrogens is 1. The van der Waals surface area contributed by atoms with Gasteiger partial charge in [-0.15, -0.1) is 0 Å². The highest BCUT2D eigenvalue weighted by atomic mass is 35.5. The van der Waals surface area contributed by atoms with Gasteiger partial charge in [-0.3, -0.25) is 4.79 Å². The number of amides is 1. The fourth-order valence-electron chi connectivity index (χ4n) is 4.17. The van der Waals surface area contributed by atoms with E-state index in [9.17, 15) is 22.8 Å². The first kappa shape index (κ1) is 27.3. The van der Waals surface area contributed by atoms with E-state index >= 15 is 0 Å². The first-order chi connectivity index (χ1) is 18.0. The number of methoxy groups -OCH3 is 1. The lowest BCUT2D eigenvalue weighted by Gasteiger charge is -2.22. The van der Waals surface area contributed by atoms with Crippen LogP contribution in [0.4, 0.5) is 19.0 Å². The first-order valence-corrected chi connectivity index (χ1v) is 12.2. The molecular formula is C27H25ClF3N3O4. The molecule has 38 heavy (non-hydrogen) atoms. The molecule has 11 heteroatoms. The average Bonchev–Trinajstić information content (AvgIpc) is 3.36. The summed E-state index contributed by atoms with van der Waals surface area (Å²) in [5.41, 5.74) is 0.727. The third-order valence-electron chi connectivity index (χ3n) is 6.19. The molecule has 2 atom stereocenters. The third-order valence-corrected chi connectivity index (χ3v) is 6.39. The molecule has 4 rings (SSSR count). The van der Waals surface area contributed by atoms with Crippen LogP contribution in [0.15, 0.2) is 60.8 Å². The topological polar surface area (TPSA) is 80.8 Å². The molecule has 1 amide bonds. The number of alkyl halides is 3. The molecule has 0 radical (unpaired) electrons. The molecule has 0 saturated carbocycles. The Bertz CT molecular complexity index is 1300. The van der Waals surface area contributed by atoms with Crippen LogP contribution in [0.25, 0.3) is 0 Å². The molecule has 200 valence electrons. The summed E-state index contributed by atoms with van der Waals surface area (Å²) >= 11 is 6.15. The van der Waals surface area contributed by atoms with Crippen LogP contribution in [0.2, 0.25) is 5.02 Å². The number of rotatable bonds is 7. The number of hydrogen-bond donors (Lipinski definition) is 1. The van der Waals surface area contributed by atoms with Gasteiger partial charge in [-0.1, -0.05) is 23.7 Å². The molecule has 0 aliphatic carbocycles. The van der Waals surface area contributed by atoms with E-state index < -0.39 is 17.7 Å². The van der Waals surface area contributed by atoms with Crippen LogP contribution in [0, 0.1) is 0 Å². The molecule has 2 aromatic carbocycles. The van der Waals surface area contributed by atoms with Crippen molar-refractivity contribution in [1.82, 2.24) is 10.3 Å². The van der Waals surface area contributed by atoms with Gasteiger partial charge in [0.2, 0.25) is 0 Å². The van der Waals surface area contributed by atoms with Crippen LogP contribution < -0.4 is 15.0 Å². The summed E-state index contributed by atoms with van der Waals surface area (Å²) in [6, 6.07) is 12.4. The number of esters is 1. The number of anilines is 1. The monoisotopic (exact) mass is 547 g/mol. The van der Waals surface area contributed by atoms with Gasteiger partial charge in [0.1, 0.15) is 17.7 Å². The van der Waals surface area contributed by atoms with Crippen LogP contribution in [0.5, 0.6) is 5.75 Å². The van der Waals surface area contributed by atoms with E-state index in [0.29, 0.717) is 41.7 Å². The SMILES string of the molecule is COC(=O)c1ccc(C(C)NC(=O)c2cc(Cl)cnc2N2CCC(Oc3ccc(C(F)(F)F)cc3)C2)cc1. The number of carbonyl (C=O) groups excluding carboxylic acids is 2. The summed E-state index contributed by atoms with van der Waals surface area (Å²) in [5.74, 6) is -0.0710. The van der Waals surface area contributed by atoms with Gasteiger partial charge in [-0.05, 0) is 55.0 Å². The summed E-state index contributed by atoms with van der Waals surface area (Å²) in [7, 11) is 1.30. The lowest BCUT2D eigenvalue weighted by molar-refractivity contribution is -0.137. The second kappa shape index (κ2) is 11.3. The Morgan fingerprint density at radius 1 is 1.13 bits per heavy atom. The Labute approximate surface area is 222 Å². The molecule has 1 aromatic heterocycles. The van der Waals surface area contributed by atoms with Crippen molar-refractivity contribution >= 4 is 29.3 Å². The molecule has 0 spiro atoms. The van der Waals surface area contributed by atoms with Crippen molar-refractivity contribution in [2.45, 2.75) is 31.7 Å². The average molecular weight is 548 g/mol. The van der Waals surface area contributed by atoms with E-state index in [-0.39, 0.29) is 23.6 Å². The molecule has 7 nitrogen and oxygen atoms in total. The number of ether oxygens (including phenoxy) is 2. The Hall–Kier alpha value is -3.79. The lowest BCUT2D eigenvalue weighted by atomic mass is 10.1. The van der Waals surface area contributed by atoms with Crippen LogP contribution in [-0.4, -0.2) is 43.2 Å². The third kappa shape index (κ3) is 6.36. The molecule has 1 N–H and O–H groups in total. The number of halogens is 4. The largest absolute Gasteiger partial charge is 0.489 e. The molecule has 2 unspecified atom stereocenters. The van der Waals surface area contributed by atoms with Crippen molar-refractivity contribution in [1.29, 1.82) is 0 Å².